The molecule has 0 spiro atoms. The van der Waals surface area contributed by atoms with Crippen molar-refractivity contribution in [1.82, 2.24) is 19.6 Å². The highest BCUT2D eigenvalue weighted by Crippen LogP contribution is 2.14. The molecule has 5 heteroatoms. The Bertz CT molecular complexity index is 610. The summed E-state index contributed by atoms with van der Waals surface area (Å²) in [5, 5.41) is 14.3. The SMILES string of the molecule is C[C@@H]1CN(Cc2ccn(-c3ccccc3)n2)CCN1C[C@@H](C)O. The van der Waals surface area contributed by atoms with E-state index in [0.717, 1.165) is 44.1 Å². The summed E-state index contributed by atoms with van der Waals surface area (Å²) in [6.07, 6.45) is 1.77. The summed E-state index contributed by atoms with van der Waals surface area (Å²) in [7, 11) is 0. The van der Waals surface area contributed by atoms with Crippen LogP contribution in [0, 0.1) is 0 Å². The molecule has 2 heterocycles. The number of para-hydroxylation sites is 1. The van der Waals surface area contributed by atoms with Crippen molar-refractivity contribution in [3.8, 4) is 5.69 Å². The zero-order valence-electron chi connectivity index (χ0n) is 14.0. The molecule has 5 nitrogen and oxygen atoms in total. The third kappa shape index (κ3) is 4.19. The van der Waals surface area contributed by atoms with Gasteiger partial charge in [-0.05, 0) is 32.0 Å². The van der Waals surface area contributed by atoms with E-state index in [0.29, 0.717) is 6.04 Å². The largest absolute Gasteiger partial charge is 0.392 e. The fourth-order valence-corrected chi connectivity index (χ4v) is 3.22. The van der Waals surface area contributed by atoms with E-state index in [2.05, 4.69) is 40.0 Å². The van der Waals surface area contributed by atoms with E-state index in [9.17, 15) is 5.11 Å². The Morgan fingerprint density at radius 2 is 2.00 bits per heavy atom. The number of nitrogens with zero attached hydrogens (tertiary/aromatic N) is 4. The zero-order chi connectivity index (χ0) is 16.2. The Hall–Kier alpha value is -1.69. The molecule has 1 N–H and O–H groups in total. The minimum atomic E-state index is -0.259. The number of benzene rings is 1. The maximum atomic E-state index is 9.57. The van der Waals surface area contributed by atoms with Gasteiger partial charge >= 0.3 is 0 Å². The number of rotatable bonds is 5. The van der Waals surface area contributed by atoms with Crippen LogP contribution in [-0.4, -0.2) is 63.0 Å². The smallest absolute Gasteiger partial charge is 0.0769 e. The van der Waals surface area contributed by atoms with E-state index >= 15 is 0 Å². The molecule has 1 saturated heterocycles. The predicted molar refractivity (Wildman–Crippen MR) is 91.6 cm³/mol. The van der Waals surface area contributed by atoms with Crippen molar-refractivity contribution in [2.75, 3.05) is 26.2 Å². The molecular weight excluding hydrogens is 288 g/mol. The quantitative estimate of drug-likeness (QED) is 0.913. The number of aliphatic hydroxyl groups excluding tert-OH is 1. The molecule has 1 aromatic heterocycles. The van der Waals surface area contributed by atoms with Crippen molar-refractivity contribution in [2.24, 2.45) is 0 Å². The van der Waals surface area contributed by atoms with Crippen LogP contribution in [0.25, 0.3) is 5.69 Å². The summed E-state index contributed by atoms with van der Waals surface area (Å²) in [6.45, 7) is 8.78. The Labute approximate surface area is 138 Å². The minimum absolute atomic E-state index is 0.259. The van der Waals surface area contributed by atoms with Gasteiger partial charge in [-0.1, -0.05) is 18.2 Å². The first-order chi connectivity index (χ1) is 11.1. The van der Waals surface area contributed by atoms with Crippen molar-refractivity contribution in [1.29, 1.82) is 0 Å². The Morgan fingerprint density at radius 3 is 2.70 bits per heavy atom. The molecule has 0 radical (unpaired) electrons. The van der Waals surface area contributed by atoms with Crippen molar-refractivity contribution in [2.45, 2.75) is 32.5 Å². The van der Waals surface area contributed by atoms with Crippen LogP contribution >= 0.6 is 0 Å². The molecule has 0 aliphatic carbocycles. The molecule has 1 aliphatic rings. The van der Waals surface area contributed by atoms with E-state index < -0.39 is 0 Å². The van der Waals surface area contributed by atoms with Gasteiger partial charge in [-0.15, -0.1) is 0 Å². The van der Waals surface area contributed by atoms with Gasteiger partial charge in [0.15, 0.2) is 0 Å². The average Bonchev–Trinajstić information content (AvgIpc) is 2.99. The fourth-order valence-electron chi connectivity index (χ4n) is 3.22. The van der Waals surface area contributed by atoms with Crippen molar-refractivity contribution in [3.05, 3.63) is 48.3 Å². The fraction of sp³-hybridized carbons (Fsp3) is 0.500. The van der Waals surface area contributed by atoms with Gasteiger partial charge in [0.25, 0.3) is 0 Å². The van der Waals surface area contributed by atoms with Crippen molar-refractivity contribution < 1.29 is 5.11 Å². The van der Waals surface area contributed by atoms with Gasteiger partial charge in [-0.2, -0.15) is 5.10 Å². The first kappa shape index (κ1) is 16.2. The van der Waals surface area contributed by atoms with Crippen LogP contribution in [0.15, 0.2) is 42.6 Å². The molecular formula is C18H26N4O. The molecule has 0 unspecified atom stereocenters. The van der Waals surface area contributed by atoms with Crippen LogP contribution < -0.4 is 0 Å². The zero-order valence-corrected chi connectivity index (χ0v) is 14.0. The molecule has 1 aromatic carbocycles. The van der Waals surface area contributed by atoms with Crippen LogP contribution in [0.3, 0.4) is 0 Å². The van der Waals surface area contributed by atoms with E-state index in [1.54, 1.807) is 0 Å². The molecule has 2 atom stereocenters. The highest BCUT2D eigenvalue weighted by Gasteiger charge is 2.24. The van der Waals surface area contributed by atoms with Crippen LogP contribution in [-0.2, 0) is 6.54 Å². The first-order valence-corrected chi connectivity index (χ1v) is 8.36. The Kier molecular flexibility index (Phi) is 5.10. The Morgan fingerprint density at radius 1 is 1.22 bits per heavy atom. The second-order valence-corrected chi connectivity index (χ2v) is 6.52. The van der Waals surface area contributed by atoms with Gasteiger partial charge in [-0.3, -0.25) is 9.80 Å². The van der Waals surface area contributed by atoms with Crippen molar-refractivity contribution >= 4 is 0 Å². The van der Waals surface area contributed by atoms with Gasteiger partial charge in [0, 0.05) is 45.0 Å². The normalized spacial score (nSPS) is 21.4. The van der Waals surface area contributed by atoms with E-state index in [1.807, 2.05) is 36.0 Å². The lowest BCUT2D eigenvalue weighted by Gasteiger charge is -2.40. The van der Waals surface area contributed by atoms with E-state index in [4.69, 9.17) is 0 Å². The highest BCUT2D eigenvalue weighted by molar-refractivity contribution is 5.30. The molecule has 1 aliphatic heterocycles. The number of aromatic nitrogens is 2. The lowest BCUT2D eigenvalue weighted by atomic mass is 10.1. The summed E-state index contributed by atoms with van der Waals surface area (Å²) < 4.78 is 1.93. The van der Waals surface area contributed by atoms with Crippen LogP contribution in [0.5, 0.6) is 0 Å². The molecule has 0 saturated carbocycles. The highest BCUT2D eigenvalue weighted by atomic mass is 16.3. The predicted octanol–water partition coefficient (Wildman–Crippen LogP) is 1.76. The van der Waals surface area contributed by atoms with E-state index in [-0.39, 0.29) is 6.10 Å². The topological polar surface area (TPSA) is 44.5 Å². The summed E-state index contributed by atoms with van der Waals surface area (Å²) in [5.74, 6) is 0. The molecule has 0 amide bonds. The number of hydrogen-bond acceptors (Lipinski definition) is 4. The van der Waals surface area contributed by atoms with Crippen LogP contribution in [0.1, 0.15) is 19.5 Å². The lowest BCUT2D eigenvalue weighted by Crippen LogP contribution is -2.53. The molecule has 124 valence electrons. The standard InChI is InChI=1S/C18H26N4O/c1-15-12-20(10-11-21(15)13-16(2)23)14-17-8-9-22(19-17)18-6-4-3-5-7-18/h3-9,15-16,23H,10-14H2,1-2H3/t15-,16-/m1/s1. The summed E-state index contributed by atoms with van der Waals surface area (Å²) in [4.78, 5) is 4.81. The van der Waals surface area contributed by atoms with Crippen LogP contribution in [0.4, 0.5) is 0 Å². The number of hydrogen-bond donors (Lipinski definition) is 1. The average molecular weight is 314 g/mol. The van der Waals surface area contributed by atoms with Gasteiger partial charge in [-0.25, -0.2) is 4.68 Å². The summed E-state index contributed by atoms with van der Waals surface area (Å²) >= 11 is 0. The molecule has 3 rings (SSSR count). The summed E-state index contributed by atoms with van der Waals surface area (Å²) in [5.41, 5.74) is 2.19. The van der Waals surface area contributed by atoms with Gasteiger partial charge < -0.3 is 5.11 Å². The van der Waals surface area contributed by atoms with E-state index in [1.165, 1.54) is 0 Å². The van der Waals surface area contributed by atoms with Gasteiger partial charge in [0.1, 0.15) is 0 Å². The lowest BCUT2D eigenvalue weighted by molar-refractivity contribution is 0.0418. The molecule has 23 heavy (non-hydrogen) atoms. The molecule has 1 fully saturated rings. The number of piperazine rings is 1. The first-order valence-electron chi connectivity index (χ1n) is 8.36. The second kappa shape index (κ2) is 7.25. The summed E-state index contributed by atoms with van der Waals surface area (Å²) in [6, 6.07) is 12.8. The second-order valence-electron chi connectivity index (χ2n) is 6.52. The maximum Gasteiger partial charge on any atom is 0.0769 e. The Balaban J connectivity index is 1.58. The van der Waals surface area contributed by atoms with Crippen molar-refractivity contribution in [3.63, 3.8) is 0 Å². The molecule has 2 aromatic rings. The van der Waals surface area contributed by atoms with Gasteiger partial charge in [0.2, 0.25) is 0 Å². The monoisotopic (exact) mass is 314 g/mol. The third-order valence-electron chi connectivity index (χ3n) is 4.40. The maximum absolute atomic E-state index is 9.57. The third-order valence-corrected chi connectivity index (χ3v) is 4.40. The number of aliphatic hydroxyl groups is 1. The minimum Gasteiger partial charge on any atom is -0.392 e. The van der Waals surface area contributed by atoms with Gasteiger partial charge in [0.05, 0.1) is 17.5 Å². The molecule has 0 bridgehead atoms. The number of β-amino-alcohol motifs (C(OH)–C–C–N with tert-alkyl or cyclic N) is 1. The van der Waals surface area contributed by atoms with Crippen LogP contribution in [0.2, 0.25) is 0 Å².